The lowest BCUT2D eigenvalue weighted by Gasteiger charge is -1.97. The van der Waals surface area contributed by atoms with E-state index in [0.717, 1.165) is 5.52 Å². The van der Waals surface area contributed by atoms with Gasteiger partial charge in [-0.1, -0.05) is 6.07 Å². The van der Waals surface area contributed by atoms with Gasteiger partial charge in [0.05, 0.1) is 0 Å². The lowest BCUT2D eigenvalue weighted by atomic mass is 10.3. The van der Waals surface area contributed by atoms with Gasteiger partial charge in [0, 0.05) is 11.7 Å². The van der Waals surface area contributed by atoms with E-state index >= 15 is 0 Å². The van der Waals surface area contributed by atoms with Gasteiger partial charge in [0.2, 0.25) is 0 Å². The number of carbonyl (C=O) groups excluding carboxylic acids is 1. The molecule has 0 aliphatic heterocycles. The summed E-state index contributed by atoms with van der Waals surface area (Å²) in [5, 5.41) is 8.55. The molecule has 0 fully saturated rings. The number of aliphatic carboxylic acids is 1. The minimum absolute atomic E-state index is 0.174. The predicted octanol–water partition coefficient (Wildman–Crippen LogP) is 1.21. The number of hydrogen-bond donors (Lipinski definition) is 1. The summed E-state index contributed by atoms with van der Waals surface area (Å²) >= 11 is 0. The molecule has 2 heterocycles. The molecule has 0 aromatic carbocycles. The van der Waals surface area contributed by atoms with Gasteiger partial charge in [-0.15, -0.1) is 0 Å². The first-order valence-corrected chi connectivity index (χ1v) is 4.04. The van der Waals surface area contributed by atoms with E-state index in [4.69, 9.17) is 5.11 Å². The summed E-state index contributed by atoms with van der Waals surface area (Å²) in [5.41, 5.74) is 0.977. The van der Waals surface area contributed by atoms with Crippen molar-refractivity contribution >= 4 is 17.3 Å². The van der Waals surface area contributed by atoms with Gasteiger partial charge >= 0.3 is 5.97 Å². The zero-order chi connectivity index (χ0) is 10.1. The van der Waals surface area contributed by atoms with Crippen LogP contribution in [0.1, 0.15) is 10.5 Å². The van der Waals surface area contributed by atoms with Crippen LogP contribution in [0.5, 0.6) is 0 Å². The molecular weight excluding hydrogens is 182 g/mol. The molecule has 0 radical (unpaired) electrons. The quantitative estimate of drug-likeness (QED) is 0.570. The topological polar surface area (TPSA) is 58.8 Å². The largest absolute Gasteiger partial charge is 0.475 e. The number of ketones is 1. The van der Waals surface area contributed by atoms with Crippen LogP contribution < -0.4 is 0 Å². The van der Waals surface area contributed by atoms with Gasteiger partial charge in [0.1, 0.15) is 5.69 Å². The highest BCUT2D eigenvalue weighted by molar-refractivity contribution is 6.39. The number of carbonyl (C=O) groups is 2. The first-order valence-electron chi connectivity index (χ1n) is 4.04. The number of carboxylic acids is 1. The van der Waals surface area contributed by atoms with Crippen molar-refractivity contribution in [1.29, 1.82) is 0 Å². The Balaban J connectivity index is 2.64. The predicted molar refractivity (Wildman–Crippen MR) is 49.4 cm³/mol. The molecule has 0 amide bonds. The highest BCUT2D eigenvalue weighted by Crippen LogP contribution is 2.10. The second-order valence-corrected chi connectivity index (χ2v) is 2.85. The zero-order valence-electron chi connectivity index (χ0n) is 7.18. The summed E-state index contributed by atoms with van der Waals surface area (Å²) in [6, 6.07) is 8.58. The summed E-state index contributed by atoms with van der Waals surface area (Å²) < 4.78 is 1.55. The molecular formula is C10H7NO3. The van der Waals surface area contributed by atoms with Crippen LogP contribution in [-0.4, -0.2) is 21.3 Å². The van der Waals surface area contributed by atoms with Crippen LogP contribution in [0, 0.1) is 0 Å². The molecule has 0 saturated heterocycles. The molecule has 4 nitrogen and oxygen atoms in total. The molecule has 0 unspecified atom stereocenters. The van der Waals surface area contributed by atoms with E-state index in [9.17, 15) is 9.59 Å². The van der Waals surface area contributed by atoms with E-state index in [1.807, 2.05) is 6.07 Å². The minimum Gasteiger partial charge on any atom is -0.475 e. The number of carboxylic acid groups (broad SMARTS) is 1. The van der Waals surface area contributed by atoms with Crippen molar-refractivity contribution in [3.8, 4) is 0 Å². The number of aromatic nitrogens is 1. The van der Waals surface area contributed by atoms with Gasteiger partial charge < -0.3 is 9.51 Å². The molecule has 4 heteroatoms. The fourth-order valence-electron chi connectivity index (χ4n) is 1.35. The van der Waals surface area contributed by atoms with Crippen LogP contribution in [0.2, 0.25) is 0 Å². The maximum atomic E-state index is 11.2. The van der Waals surface area contributed by atoms with E-state index < -0.39 is 11.8 Å². The molecule has 0 spiro atoms. The maximum Gasteiger partial charge on any atom is 0.378 e. The van der Waals surface area contributed by atoms with Crippen molar-refractivity contribution in [2.24, 2.45) is 0 Å². The summed E-state index contributed by atoms with van der Waals surface area (Å²) in [5.74, 6) is -2.33. The normalized spacial score (nSPS) is 10.3. The fraction of sp³-hybridized carbons (Fsp3) is 0. The molecule has 14 heavy (non-hydrogen) atoms. The van der Waals surface area contributed by atoms with Gasteiger partial charge in [0.25, 0.3) is 5.78 Å². The number of Topliss-reactive ketones (excluding diaryl/α,β-unsaturated/α-hetero) is 1. The molecule has 2 rings (SSSR count). The second kappa shape index (κ2) is 2.99. The first-order chi connectivity index (χ1) is 6.70. The Hall–Kier alpha value is -2.10. The third-order valence-corrected chi connectivity index (χ3v) is 1.99. The Labute approximate surface area is 79.4 Å². The van der Waals surface area contributed by atoms with Crippen molar-refractivity contribution in [2.45, 2.75) is 0 Å². The Morgan fingerprint density at radius 3 is 2.64 bits per heavy atom. The SMILES string of the molecule is O=C(O)C(=O)c1ccc2ccccn12. The molecule has 70 valence electrons. The number of fused-ring (bicyclic) bond motifs is 1. The number of pyridine rings is 1. The smallest absolute Gasteiger partial charge is 0.378 e. The third-order valence-electron chi connectivity index (χ3n) is 1.99. The Bertz CT molecular complexity index is 513. The van der Waals surface area contributed by atoms with Crippen molar-refractivity contribution in [3.05, 3.63) is 42.2 Å². The van der Waals surface area contributed by atoms with Gasteiger partial charge in [0.15, 0.2) is 0 Å². The van der Waals surface area contributed by atoms with Crippen molar-refractivity contribution < 1.29 is 14.7 Å². The lowest BCUT2D eigenvalue weighted by molar-refractivity contribution is -0.131. The van der Waals surface area contributed by atoms with Gasteiger partial charge in [-0.2, -0.15) is 0 Å². The van der Waals surface area contributed by atoms with E-state index in [0.29, 0.717) is 0 Å². The van der Waals surface area contributed by atoms with E-state index in [-0.39, 0.29) is 5.69 Å². The highest BCUT2D eigenvalue weighted by atomic mass is 16.4. The Kier molecular flexibility index (Phi) is 1.81. The summed E-state index contributed by atoms with van der Waals surface area (Å²) in [7, 11) is 0. The van der Waals surface area contributed by atoms with Crippen LogP contribution in [0.15, 0.2) is 36.5 Å². The van der Waals surface area contributed by atoms with Crippen molar-refractivity contribution in [2.75, 3.05) is 0 Å². The lowest BCUT2D eigenvalue weighted by Crippen LogP contribution is -2.14. The van der Waals surface area contributed by atoms with Crippen molar-refractivity contribution in [1.82, 2.24) is 4.40 Å². The highest BCUT2D eigenvalue weighted by Gasteiger charge is 2.17. The van der Waals surface area contributed by atoms with Crippen LogP contribution in [0.3, 0.4) is 0 Å². The average Bonchev–Trinajstić information content (AvgIpc) is 2.60. The summed E-state index contributed by atoms with van der Waals surface area (Å²) in [4.78, 5) is 21.7. The third kappa shape index (κ3) is 1.17. The summed E-state index contributed by atoms with van der Waals surface area (Å²) in [6.07, 6.45) is 1.66. The van der Waals surface area contributed by atoms with E-state index in [2.05, 4.69) is 0 Å². The molecule has 1 N–H and O–H groups in total. The fourth-order valence-corrected chi connectivity index (χ4v) is 1.35. The molecule has 2 aromatic rings. The van der Waals surface area contributed by atoms with Gasteiger partial charge in [-0.3, -0.25) is 4.79 Å². The first kappa shape index (κ1) is 8.50. The van der Waals surface area contributed by atoms with Crippen LogP contribution in [-0.2, 0) is 4.79 Å². The van der Waals surface area contributed by atoms with Crippen LogP contribution in [0.25, 0.3) is 5.52 Å². The molecule has 0 aliphatic carbocycles. The molecule has 0 aliphatic rings. The van der Waals surface area contributed by atoms with Crippen molar-refractivity contribution in [3.63, 3.8) is 0 Å². The number of hydrogen-bond acceptors (Lipinski definition) is 2. The number of rotatable bonds is 2. The zero-order valence-corrected chi connectivity index (χ0v) is 7.18. The summed E-state index contributed by atoms with van der Waals surface area (Å²) in [6.45, 7) is 0. The molecule has 0 atom stereocenters. The maximum absolute atomic E-state index is 11.2. The second-order valence-electron chi connectivity index (χ2n) is 2.85. The van der Waals surface area contributed by atoms with Gasteiger partial charge in [-0.05, 0) is 24.3 Å². The van der Waals surface area contributed by atoms with Crippen LogP contribution in [0.4, 0.5) is 0 Å². The minimum atomic E-state index is -1.44. The number of nitrogens with zero attached hydrogens (tertiary/aromatic N) is 1. The van der Waals surface area contributed by atoms with E-state index in [1.165, 1.54) is 6.07 Å². The molecule has 0 saturated carbocycles. The molecule has 2 aromatic heterocycles. The van der Waals surface area contributed by atoms with E-state index in [1.54, 1.807) is 28.8 Å². The standard InChI is InChI=1S/C10H7NO3/c12-9(10(13)14)8-5-4-7-3-1-2-6-11(7)8/h1-6H,(H,13,14). The monoisotopic (exact) mass is 189 g/mol. The van der Waals surface area contributed by atoms with Gasteiger partial charge in [-0.25, -0.2) is 4.79 Å². The average molecular weight is 189 g/mol. The Morgan fingerprint density at radius 2 is 1.93 bits per heavy atom. The molecule has 0 bridgehead atoms. The Morgan fingerprint density at radius 1 is 1.14 bits per heavy atom. The van der Waals surface area contributed by atoms with Crippen LogP contribution >= 0.6 is 0 Å².